The van der Waals surface area contributed by atoms with Gasteiger partial charge in [-0.2, -0.15) is 0 Å². The monoisotopic (exact) mass is 368 g/mol. The summed E-state index contributed by atoms with van der Waals surface area (Å²) in [5.41, 5.74) is 0.741. The number of carboxylic acids is 1. The van der Waals surface area contributed by atoms with Crippen LogP contribution in [0.1, 0.15) is 49.0 Å². The van der Waals surface area contributed by atoms with E-state index < -0.39 is 27.9 Å². The molecule has 0 heterocycles. The molecule has 0 spiro atoms. The molecule has 138 valence electrons. The van der Waals surface area contributed by atoms with E-state index in [0.29, 0.717) is 12.0 Å². The number of carbonyl (C=O) groups excluding carboxylic acids is 1. The van der Waals surface area contributed by atoms with Crippen molar-refractivity contribution in [2.24, 2.45) is 5.92 Å². The number of carbonyl (C=O) groups is 2. The van der Waals surface area contributed by atoms with E-state index in [0.717, 1.165) is 12.8 Å². The van der Waals surface area contributed by atoms with E-state index in [1.807, 2.05) is 13.8 Å². The third-order valence-corrected chi connectivity index (χ3v) is 5.49. The van der Waals surface area contributed by atoms with Crippen molar-refractivity contribution in [3.8, 4) is 0 Å². The van der Waals surface area contributed by atoms with Crippen molar-refractivity contribution in [1.29, 1.82) is 0 Å². The fourth-order valence-corrected chi connectivity index (χ4v) is 3.76. The zero-order chi connectivity index (χ0) is 18.8. The number of aliphatic carboxylic acids is 1. The summed E-state index contributed by atoms with van der Waals surface area (Å²) in [7, 11) is -3.68. The van der Waals surface area contributed by atoms with E-state index in [1.54, 1.807) is 13.0 Å². The highest BCUT2D eigenvalue weighted by molar-refractivity contribution is 7.89. The van der Waals surface area contributed by atoms with Crippen molar-refractivity contribution in [2.75, 3.05) is 0 Å². The average molecular weight is 368 g/mol. The molecule has 1 atom stereocenters. The molecule has 1 amide bonds. The lowest BCUT2D eigenvalue weighted by Crippen LogP contribution is -2.42. The number of benzene rings is 1. The van der Waals surface area contributed by atoms with Crippen molar-refractivity contribution in [1.82, 2.24) is 10.0 Å². The van der Waals surface area contributed by atoms with Crippen molar-refractivity contribution < 1.29 is 23.1 Å². The van der Waals surface area contributed by atoms with Gasteiger partial charge >= 0.3 is 5.97 Å². The Balaban J connectivity index is 2.23. The number of aryl methyl sites for hydroxylation is 1. The van der Waals surface area contributed by atoms with E-state index in [2.05, 4.69) is 10.0 Å². The third-order valence-electron chi connectivity index (χ3n) is 3.97. The fraction of sp³-hybridized carbons (Fsp3) is 0.529. The van der Waals surface area contributed by atoms with Crippen LogP contribution >= 0.6 is 0 Å². The lowest BCUT2D eigenvalue weighted by Gasteiger charge is -2.17. The summed E-state index contributed by atoms with van der Waals surface area (Å²) in [6.07, 6.45) is 1.92. The van der Waals surface area contributed by atoms with Gasteiger partial charge in [0, 0.05) is 11.6 Å². The number of amides is 1. The molecule has 0 aromatic heterocycles. The Morgan fingerprint density at radius 3 is 2.44 bits per heavy atom. The van der Waals surface area contributed by atoms with Gasteiger partial charge in [0.25, 0.3) is 5.91 Å². The van der Waals surface area contributed by atoms with Crippen LogP contribution in [0.5, 0.6) is 0 Å². The third kappa shape index (κ3) is 5.27. The summed E-state index contributed by atoms with van der Waals surface area (Å²) < 4.78 is 27.2. The van der Waals surface area contributed by atoms with Gasteiger partial charge in [0.2, 0.25) is 10.0 Å². The van der Waals surface area contributed by atoms with Crippen molar-refractivity contribution in [3.05, 3.63) is 29.3 Å². The zero-order valence-electron chi connectivity index (χ0n) is 14.6. The molecule has 8 heteroatoms. The molecule has 0 bridgehead atoms. The Morgan fingerprint density at radius 2 is 1.92 bits per heavy atom. The normalized spacial score (nSPS) is 15.8. The number of carboxylic acid groups (broad SMARTS) is 1. The van der Waals surface area contributed by atoms with Crippen LogP contribution in [0.4, 0.5) is 0 Å². The number of hydrogen-bond donors (Lipinski definition) is 3. The summed E-state index contributed by atoms with van der Waals surface area (Å²) in [4.78, 5) is 23.8. The van der Waals surface area contributed by atoms with Crippen LogP contribution < -0.4 is 10.0 Å². The van der Waals surface area contributed by atoms with Crippen molar-refractivity contribution in [3.63, 3.8) is 0 Å². The summed E-state index contributed by atoms with van der Waals surface area (Å²) in [6.45, 7) is 5.41. The standard InChI is InChI=1S/C17H24N2O5S/c1-10(2)8-15(17(21)22)18-16(20)14-9-13(7-4-11(14)3)25(23,24)19-12-5-6-12/h4,7,9-10,12,15,19H,5-6,8H2,1-3H3,(H,18,20)(H,21,22)/t15-/m1/s1. The second kappa shape index (κ2) is 7.53. The Morgan fingerprint density at radius 1 is 1.28 bits per heavy atom. The summed E-state index contributed by atoms with van der Waals surface area (Å²) in [5, 5.41) is 11.7. The molecule has 0 saturated heterocycles. The van der Waals surface area contributed by atoms with Crippen LogP contribution in [0.15, 0.2) is 23.1 Å². The highest BCUT2D eigenvalue weighted by atomic mass is 32.2. The maximum absolute atomic E-state index is 12.5. The molecule has 0 aliphatic heterocycles. The van der Waals surface area contributed by atoms with Crippen molar-refractivity contribution in [2.45, 2.75) is 57.0 Å². The highest BCUT2D eigenvalue weighted by Gasteiger charge is 2.29. The van der Waals surface area contributed by atoms with E-state index >= 15 is 0 Å². The van der Waals surface area contributed by atoms with Gasteiger partial charge in [-0.25, -0.2) is 17.9 Å². The molecule has 3 N–H and O–H groups in total. The van der Waals surface area contributed by atoms with Crippen LogP contribution in [0, 0.1) is 12.8 Å². The Labute approximate surface area is 147 Å². The van der Waals surface area contributed by atoms with Gasteiger partial charge in [0.05, 0.1) is 4.90 Å². The first-order valence-corrected chi connectivity index (χ1v) is 9.75. The summed E-state index contributed by atoms with van der Waals surface area (Å²) in [6, 6.07) is 3.24. The van der Waals surface area contributed by atoms with Gasteiger partial charge in [-0.05, 0) is 49.8 Å². The molecular weight excluding hydrogens is 344 g/mol. The molecule has 1 fully saturated rings. The van der Waals surface area contributed by atoms with Gasteiger partial charge in [-0.1, -0.05) is 19.9 Å². The lowest BCUT2D eigenvalue weighted by atomic mass is 10.0. The molecule has 1 aliphatic carbocycles. The zero-order valence-corrected chi connectivity index (χ0v) is 15.4. The van der Waals surface area contributed by atoms with Gasteiger partial charge in [-0.15, -0.1) is 0 Å². The van der Waals surface area contributed by atoms with Crippen LogP contribution in [-0.2, 0) is 14.8 Å². The second-order valence-corrected chi connectivity index (χ2v) is 8.58. The number of sulfonamides is 1. The van der Waals surface area contributed by atoms with Gasteiger partial charge < -0.3 is 10.4 Å². The van der Waals surface area contributed by atoms with Crippen LogP contribution in [0.3, 0.4) is 0 Å². The molecule has 0 unspecified atom stereocenters. The molecule has 7 nitrogen and oxygen atoms in total. The van der Waals surface area contributed by atoms with Crippen LogP contribution in [-0.4, -0.2) is 37.5 Å². The van der Waals surface area contributed by atoms with Crippen LogP contribution in [0.2, 0.25) is 0 Å². The maximum atomic E-state index is 12.5. The van der Waals surface area contributed by atoms with E-state index in [1.165, 1.54) is 12.1 Å². The molecular formula is C17H24N2O5S. The van der Waals surface area contributed by atoms with E-state index in [4.69, 9.17) is 0 Å². The predicted molar refractivity (Wildman–Crippen MR) is 92.9 cm³/mol. The van der Waals surface area contributed by atoms with Gasteiger partial charge in [0.1, 0.15) is 6.04 Å². The molecule has 1 aliphatic rings. The maximum Gasteiger partial charge on any atom is 0.326 e. The molecule has 25 heavy (non-hydrogen) atoms. The Bertz CT molecular complexity index is 769. The van der Waals surface area contributed by atoms with Crippen LogP contribution in [0.25, 0.3) is 0 Å². The summed E-state index contributed by atoms with van der Waals surface area (Å²) >= 11 is 0. The largest absolute Gasteiger partial charge is 0.480 e. The lowest BCUT2D eigenvalue weighted by molar-refractivity contribution is -0.139. The highest BCUT2D eigenvalue weighted by Crippen LogP contribution is 2.23. The van der Waals surface area contributed by atoms with E-state index in [-0.39, 0.29) is 22.4 Å². The molecule has 1 aromatic rings. The minimum Gasteiger partial charge on any atom is -0.480 e. The number of nitrogens with one attached hydrogen (secondary N) is 2. The average Bonchev–Trinajstić information content (AvgIpc) is 3.29. The van der Waals surface area contributed by atoms with Gasteiger partial charge in [-0.3, -0.25) is 4.79 Å². The Kier molecular flexibility index (Phi) is 5.84. The quantitative estimate of drug-likeness (QED) is 0.646. The minimum absolute atomic E-state index is 0.00545. The second-order valence-electron chi connectivity index (χ2n) is 6.87. The molecule has 1 aromatic carbocycles. The number of rotatable bonds is 8. The number of hydrogen-bond acceptors (Lipinski definition) is 4. The van der Waals surface area contributed by atoms with Crippen molar-refractivity contribution >= 4 is 21.9 Å². The molecule has 1 saturated carbocycles. The predicted octanol–water partition coefficient (Wildman–Crippen LogP) is 1.66. The van der Waals surface area contributed by atoms with E-state index in [9.17, 15) is 23.1 Å². The Hall–Kier alpha value is -1.93. The first-order valence-electron chi connectivity index (χ1n) is 8.27. The summed E-state index contributed by atoms with van der Waals surface area (Å²) in [5.74, 6) is -1.61. The first kappa shape index (κ1) is 19.4. The minimum atomic E-state index is -3.68. The fourth-order valence-electron chi connectivity index (χ4n) is 2.43. The topological polar surface area (TPSA) is 113 Å². The SMILES string of the molecule is Cc1ccc(S(=O)(=O)NC2CC2)cc1C(=O)N[C@H](CC(C)C)C(=O)O. The molecule has 2 rings (SSSR count). The first-order chi connectivity index (χ1) is 11.6. The van der Waals surface area contributed by atoms with Gasteiger partial charge in [0.15, 0.2) is 0 Å². The molecule has 0 radical (unpaired) electrons. The smallest absolute Gasteiger partial charge is 0.326 e.